The third kappa shape index (κ3) is 4.45. The molecule has 2 heterocycles. The third-order valence-corrected chi connectivity index (χ3v) is 6.92. The number of aromatic nitrogens is 2. The largest absolute Gasteiger partial charge is 0.369 e. The molecule has 164 valence electrons. The lowest BCUT2D eigenvalue weighted by Crippen LogP contribution is -2.31. The van der Waals surface area contributed by atoms with Crippen molar-refractivity contribution in [2.45, 2.75) is 31.4 Å². The summed E-state index contributed by atoms with van der Waals surface area (Å²) in [5.41, 5.74) is 7.27. The minimum atomic E-state index is -0.994. The van der Waals surface area contributed by atoms with Crippen molar-refractivity contribution in [3.05, 3.63) is 65.5 Å². The van der Waals surface area contributed by atoms with Crippen molar-refractivity contribution in [1.29, 1.82) is 0 Å². The quantitative estimate of drug-likeness (QED) is 0.577. The second-order valence-corrected chi connectivity index (χ2v) is 9.06. The second kappa shape index (κ2) is 9.36. The van der Waals surface area contributed by atoms with Gasteiger partial charge in [0.15, 0.2) is 11.6 Å². The number of nitrogens with zero attached hydrogens (tertiary/aromatic N) is 2. The molecule has 0 saturated carbocycles. The van der Waals surface area contributed by atoms with Gasteiger partial charge in [-0.25, -0.2) is 13.8 Å². The van der Waals surface area contributed by atoms with Gasteiger partial charge in [-0.1, -0.05) is 30.3 Å². The predicted molar refractivity (Wildman–Crippen MR) is 118 cm³/mol. The number of ether oxygens (including phenoxy) is 1. The van der Waals surface area contributed by atoms with Gasteiger partial charge in [0.25, 0.3) is 0 Å². The van der Waals surface area contributed by atoms with Crippen LogP contribution in [0.2, 0.25) is 0 Å². The van der Waals surface area contributed by atoms with Crippen LogP contribution in [0, 0.1) is 17.6 Å². The lowest BCUT2D eigenvalue weighted by molar-refractivity contribution is -0.121. The zero-order valence-corrected chi connectivity index (χ0v) is 18.1. The highest BCUT2D eigenvalue weighted by Gasteiger charge is 2.31. The SMILES string of the molecule is CO[C@@H](c1ccccc1)c1nc2cc(F)c(F)cc2n1C(CC1CCSCC1)C(N)=O. The first kappa shape index (κ1) is 21.8. The fourth-order valence-electron chi connectivity index (χ4n) is 4.29. The topological polar surface area (TPSA) is 70.1 Å². The molecule has 0 spiro atoms. The van der Waals surface area contributed by atoms with Crippen molar-refractivity contribution >= 4 is 28.7 Å². The number of methoxy groups -OCH3 is 1. The van der Waals surface area contributed by atoms with Gasteiger partial charge >= 0.3 is 0 Å². The van der Waals surface area contributed by atoms with Crippen LogP contribution in [-0.2, 0) is 9.53 Å². The van der Waals surface area contributed by atoms with Gasteiger partial charge in [-0.15, -0.1) is 0 Å². The van der Waals surface area contributed by atoms with E-state index >= 15 is 0 Å². The number of thioether (sulfide) groups is 1. The minimum Gasteiger partial charge on any atom is -0.369 e. The normalized spacial score (nSPS) is 17.0. The maximum Gasteiger partial charge on any atom is 0.240 e. The van der Waals surface area contributed by atoms with Crippen LogP contribution >= 0.6 is 11.8 Å². The Hall–Kier alpha value is -2.45. The Morgan fingerprint density at radius 1 is 1.23 bits per heavy atom. The molecule has 4 rings (SSSR count). The molecule has 1 unspecified atom stereocenters. The van der Waals surface area contributed by atoms with Crippen LogP contribution in [0.5, 0.6) is 0 Å². The summed E-state index contributed by atoms with van der Waals surface area (Å²) in [5.74, 6) is 0.306. The fraction of sp³-hybridized carbons (Fsp3) is 0.391. The molecule has 0 bridgehead atoms. The molecule has 1 aromatic heterocycles. The number of fused-ring (bicyclic) bond motifs is 1. The van der Waals surface area contributed by atoms with E-state index in [0.717, 1.165) is 42.0 Å². The number of benzene rings is 2. The molecule has 8 heteroatoms. The highest BCUT2D eigenvalue weighted by molar-refractivity contribution is 7.99. The predicted octanol–water partition coefficient (Wildman–Crippen LogP) is 4.61. The van der Waals surface area contributed by atoms with Crippen LogP contribution in [0.3, 0.4) is 0 Å². The van der Waals surface area contributed by atoms with E-state index < -0.39 is 29.7 Å². The molecule has 1 aliphatic rings. The van der Waals surface area contributed by atoms with Crippen molar-refractivity contribution in [3.63, 3.8) is 0 Å². The molecule has 1 fully saturated rings. The van der Waals surface area contributed by atoms with Crippen LogP contribution in [0.1, 0.15) is 42.8 Å². The van der Waals surface area contributed by atoms with Crippen molar-refractivity contribution in [2.75, 3.05) is 18.6 Å². The average molecular weight is 446 g/mol. The lowest BCUT2D eigenvalue weighted by Gasteiger charge is -2.28. The monoisotopic (exact) mass is 445 g/mol. The molecule has 31 heavy (non-hydrogen) atoms. The number of hydrogen-bond acceptors (Lipinski definition) is 4. The Bertz CT molecular complexity index is 1070. The van der Waals surface area contributed by atoms with E-state index in [1.165, 1.54) is 0 Å². The first-order valence-electron chi connectivity index (χ1n) is 10.3. The molecule has 5 nitrogen and oxygen atoms in total. The first-order chi connectivity index (χ1) is 15.0. The number of carbonyl (C=O) groups is 1. The number of amides is 1. The third-order valence-electron chi connectivity index (χ3n) is 5.87. The number of nitrogens with two attached hydrogens (primary N) is 1. The Labute approximate surface area is 184 Å². The van der Waals surface area contributed by atoms with Gasteiger partial charge in [0, 0.05) is 19.2 Å². The molecule has 2 N–H and O–H groups in total. The molecule has 3 aromatic rings. The lowest BCUT2D eigenvalue weighted by atomic mass is 9.93. The summed E-state index contributed by atoms with van der Waals surface area (Å²) in [6, 6.07) is 10.8. The number of rotatable bonds is 7. The molecule has 2 atom stereocenters. The zero-order chi connectivity index (χ0) is 22.0. The van der Waals surface area contributed by atoms with Gasteiger partial charge < -0.3 is 15.0 Å². The molecule has 1 aliphatic heterocycles. The van der Waals surface area contributed by atoms with E-state index in [2.05, 4.69) is 4.98 Å². The highest BCUT2D eigenvalue weighted by atomic mass is 32.2. The summed E-state index contributed by atoms with van der Waals surface area (Å²) in [6.45, 7) is 0. The van der Waals surface area contributed by atoms with Gasteiger partial charge in [0.1, 0.15) is 18.0 Å². The van der Waals surface area contributed by atoms with E-state index in [1.54, 1.807) is 11.7 Å². The molecule has 1 amide bonds. The molecule has 0 radical (unpaired) electrons. The number of carbonyl (C=O) groups excluding carboxylic acids is 1. The van der Waals surface area contributed by atoms with Crippen LogP contribution in [-0.4, -0.2) is 34.1 Å². The second-order valence-electron chi connectivity index (χ2n) is 7.83. The van der Waals surface area contributed by atoms with Crippen molar-refractivity contribution in [3.8, 4) is 0 Å². The van der Waals surface area contributed by atoms with Gasteiger partial charge in [0.05, 0.1) is 11.0 Å². The highest BCUT2D eigenvalue weighted by Crippen LogP contribution is 2.36. The summed E-state index contributed by atoms with van der Waals surface area (Å²) < 4.78 is 35.6. The number of halogens is 2. The van der Waals surface area contributed by atoms with Crippen molar-refractivity contribution in [1.82, 2.24) is 9.55 Å². The fourth-order valence-corrected chi connectivity index (χ4v) is 5.49. The van der Waals surface area contributed by atoms with E-state index in [4.69, 9.17) is 10.5 Å². The van der Waals surface area contributed by atoms with Crippen LogP contribution in [0.25, 0.3) is 11.0 Å². The van der Waals surface area contributed by atoms with E-state index in [0.29, 0.717) is 23.7 Å². The van der Waals surface area contributed by atoms with Crippen molar-refractivity contribution in [2.24, 2.45) is 11.7 Å². The van der Waals surface area contributed by atoms with Crippen LogP contribution in [0.15, 0.2) is 42.5 Å². The maximum atomic E-state index is 14.2. The summed E-state index contributed by atoms with van der Waals surface area (Å²) in [7, 11) is 1.54. The van der Waals surface area contributed by atoms with E-state index in [-0.39, 0.29) is 5.52 Å². The Morgan fingerprint density at radius 3 is 2.55 bits per heavy atom. The smallest absolute Gasteiger partial charge is 0.240 e. The molecule has 1 saturated heterocycles. The summed E-state index contributed by atoms with van der Waals surface area (Å²) >= 11 is 1.90. The minimum absolute atomic E-state index is 0.261. The Kier molecular flexibility index (Phi) is 6.57. The van der Waals surface area contributed by atoms with E-state index in [9.17, 15) is 13.6 Å². The van der Waals surface area contributed by atoms with Crippen LogP contribution < -0.4 is 5.73 Å². The average Bonchev–Trinajstić information content (AvgIpc) is 3.11. The summed E-state index contributed by atoms with van der Waals surface area (Å²) in [4.78, 5) is 17.2. The number of hydrogen-bond donors (Lipinski definition) is 1. The van der Waals surface area contributed by atoms with Crippen molar-refractivity contribution < 1.29 is 18.3 Å². The molecule has 0 aliphatic carbocycles. The first-order valence-corrected chi connectivity index (χ1v) is 11.5. The van der Waals surface area contributed by atoms with Gasteiger partial charge in [0.2, 0.25) is 5.91 Å². The summed E-state index contributed by atoms with van der Waals surface area (Å²) in [6.07, 6.45) is 1.89. The zero-order valence-electron chi connectivity index (χ0n) is 17.3. The maximum absolute atomic E-state index is 14.2. The Balaban J connectivity index is 1.88. The molecular formula is C23H25F2N3O2S. The van der Waals surface area contributed by atoms with Gasteiger partial charge in [-0.3, -0.25) is 4.79 Å². The standard InChI is InChI=1S/C23H25F2N3O2S/c1-30-21(15-5-3-2-4-6-15)23-27-18-12-16(24)17(25)13-19(18)28(23)20(22(26)29)11-14-7-9-31-10-8-14/h2-6,12-14,20-21H,7-11H2,1H3,(H2,26,29)/t20?,21-/m0/s1. The molecule has 2 aromatic carbocycles. The molecular weight excluding hydrogens is 420 g/mol. The van der Waals surface area contributed by atoms with Gasteiger partial charge in [-0.2, -0.15) is 11.8 Å². The van der Waals surface area contributed by atoms with Gasteiger partial charge in [-0.05, 0) is 42.2 Å². The number of imidazole rings is 1. The van der Waals surface area contributed by atoms with Crippen LogP contribution in [0.4, 0.5) is 8.78 Å². The van der Waals surface area contributed by atoms with E-state index in [1.807, 2.05) is 42.1 Å². The number of primary amides is 1. The Morgan fingerprint density at radius 2 is 1.90 bits per heavy atom. The summed E-state index contributed by atoms with van der Waals surface area (Å²) in [5, 5.41) is 0.